The molecule has 322 valence electrons. The van der Waals surface area contributed by atoms with E-state index in [1.54, 1.807) is 54.6 Å². The van der Waals surface area contributed by atoms with Crippen LogP contribution < -0.4 is 0 Å². The number of benzene rings is 7. The summed E-state index contributed by atoms with van der Waals surface area (Å²) in [6.07, 6.45) is 2.39. The van der Waals surface area contributed by atoms with Gasteiger partial charge in [-0.15, -0.1) is 20.4 Å². The highest BCUT2D eigenvalue weighted by atomic mass is 32.2. The maximum absolute atomic E-state index is 12.6. The van der Waals surface area contributed by atoms with E-state index in [4.69, 9.17) is 0 Å². The number of nitrogens with zero attached hydrogens (tertiary/aromatic N) is 8. The smallest absolute Gasteiger partial charge is 0.282 e. The lowest BCUT2D eigenvalue weighted by atomic mass is 10.1. The van der Waals surface area contributed by atoms with Gasteiger partial charge >= 0.3 is 0 Å². The van der Waals surface area contributed by atoms with Crippen LogP contribution in [0.5, 0.6) is 0 Å². The summed E-state index contributed by atoms with van der Waals surface area (Å²) in [6.45, 7) is 0. The van der Waals surface area contributed by atoms with Crippen LogP contribution in [0.1, 0.15) is 11.1 Å². The molecule has 0 bridgehead atoms. The van der Waals surface area contributed by atoms with Crippen LogP contribution in [0.15, 0.2) is 151 Å². The fourth-order valence-electron chi connectivity index (χ4n) is 6.91. The molecule has 0 saturated carbocycles. The molecule has 2 aromatic heterocycles. The Labute approximate surface area is 361 Å². The molecule has 20 nitrogen and oxygen atoms in total. The average Bonchev–Trinajstić information content (AvgIpc) is 3.89. The molecule has 0 unspecified atom stereocenters. The van der Waals surface area contributed by atoms with Crippen molar-refractivity contribution in [3.05, 3.63) is 132 Å². The van der Waals surface area contributed by atoms with E-state index in [1.807, 2.05) is 0 Å². The molecule has 2 heterocycles. The molecule has 7 aromatic carbocycles. The highest BCUT2D eigenvalue weighted by Gasteiger charge is 2.22. The van der Waals surface area contributed by atoms with Gasteiger partial charge in [-0.1, -0.05) is 60.7 Å². The normalized spacial score (nSPS) is 13.1. The van der Waals surface area contributed by atoms with Crippen molar-refractivity contribution in [2.24, 2.45) is 10.2 Å². The third-order valence-corrected chi connectivity index (χ3v) is 13.4. The first kappa shape index (κ1) is 42.2. The number of fused-ring (bicyclic) bond motifs is 6. The van der Waals surface area contributed by atoms with Crippen molar-refractivity contribution in [1.82, 2.24) is 30.0 Å². The van der Waals surface area contributed by atoms with Crippen LogP contribution in [-0.4, -0.2) is 81.9 Å². The number of azo groups is 1. The fourth-order valence-corrected chi connectivity index (χ4v) is 9.55. The van der Waals surface area contributed by atoms with E-state index >= 15 is 0 Å². The van der Waals surface area contributed by atoms with Crippen molar-refractivity contribution in [3.63, 3.8) is 0 Å². The number of hydrogen-bond donors (Lipinski definition) is 4. The zero-order valence-electron chi connectivity index (χ0n) is 32.0. The van der Waals surface area contributed by atoms with Gasteiger partial charge in [-0.3, -0.25) is 18.2 Å². The molecule has 24 heteroatoms. The summed E-state index contributed by atoms with van der Waals surface area (Å²) in [6, 6.07) is 28.7. The Balaban J connectivity index is 0.977. The Morgan fingerprint density at radius 2 is 0.984 bits per heavy atom. The van der Waals surface area contributed by atoms with Gasteiger partial charge in [-0.2, -0.15) is 53.5 Å². The number of hydrogen-bond acceptors (Lipinski definition) is 14. The summed E-state index contributed by atoms with van der Waals surface area (Å²) in [4.78, 5) is 0.496. The second-order valence-corrected chi connectivity index (χ2v) is 19.6. The van der Waals surface area contributed by atoms with E-state index in [9.17, 15) is 51.9 Å². The van der Waals surface area contributed by atoms with Gasteiger partial charge in [0.05, 0.1) is 27.6 Å². The molecule has 0 aliphatic carbocycles. The van der Waals surface area contributed by atoms with Crippen molar-refractivity contribution in [2.45, 2.75) is 19.6 Å². The van der Waals surface area contributed by atoms with Gasteiger partial charge in [0.15, 0.2) is 0 Å². The van der Waals surface area contributed by atoms with Crippen LogP contribution in [0.3, 0.4) is 0 Å². The molecule has 9 aromatic rings. The van der Waals surface area contributed by atoms with Crippen molar-refractivity contribution in [3.8, 4) is 11.4 Å². The highest BCUT2D eigenvalue weighted by molar-refractivity contribution is 7.86. The number of aromatic nitrogens is 6. The van der Waals surface area contributed by atoms with Gasteiger partial charge < -0.3 is 0 Å². The van der Waals surface area contributed by atoms with Crippen molar-refractivity contribution >= 4 is 108 Å². The minimum Gasteiger partial charge on any atom is -0.282 e. The van der Waals surface area contributed by atoms with E-state index < -0.39 is 55.2 Å². The molecule has 0 saturated heterocycles. The predicted molar refractivity (Wildman–Crippen MR) is 232 cm³/mol. The zero-order chi connectivity index (χ0) is 45.3. The van der Waals surface area contributed by atoms with Gasteiger partial charge in [0.25, 0.3) is 40.5 Å². The van der Waals surface area contributed by atoms with Crippen molar-refractivity contribution < 1.29 is 51.9 Å². The topological polar surface area (TPSA) is 304 Å². The van der Waals surface area contributed by atoms with Gasteiger partial charge in [-0.25, -0.2) is 0 Å². The average molecular weight is 939 g/mol. The Morgan fingerprint density at radius 3 is 1.64 bits per heavy atom. The molecule has 0 aliphatic heterocycles. The van der Waals surface area contributed by atoms with E-state index in [1.165, 1.54) is 65.5 Å². The Bertz CT molecular complexity index is 3970. The monoisotopic (exact) mass is 938 g/mol. The summed E-state index contributed by atoms with van der Waals surface area (Å²) in [7, 11) is -18.9. The Kier molecular flexibility index (Phi) is 10.1. The summed E-state index contributed by atoms with van der Waals surface area (Å²) < 4.78 is 137. The molecule has 9 rings (SSSR count). The van der Waals surface area contributed by atoms with E-state index in [0.717, 1.165) is 23.0 Å². The summed E-state index contributed by atoms with van der Waals surface area (Å²) in [5.74, 6) is 0. The van der Waals surface area contributed by atoms with Crippen LogP contribution in [0.4, 0.5) is 11.4 Å². The summed E-state index contributed by atoms with van der Waals surface area (Å²) in [5, 5.41) is 27.6. The van der Waals surface area contributed by atoms with Gasteiger partial charge in [-0.05, 0) is 89.3 Å². The second-order valence-electron chi connectivity index (χ2n) is 14.0. The van der Waals surface area contributed by atoms with Crippen LogP contribution in [-0.2, 0) is 40.5 Å². The second kappa shape index (κ2) is 15.3. The summed E-state index contributed by atoms with van der Waals surface area (Å²) in [5.41, 5.74) is 2.05. The standard InChI is InChI=1S/C40H26N8O12S4/c49-61(50,51)30-16-17-31-25(19-30)9-18-34-39(31)45-47(43-34)28-14-11-26(12-15-28)41-42-27-10-7-23(36(20-27)62(52,53)54)5-6-24-8-13-29(21-37(24)63(55,56)57)48-44-35-22-38(64(58,59)60)32-3-1-2-4-33(32)40(35)46-48/h1-22H,(H,49,50,51)(H,52,53,54)(H,55,56,57)(H,58,59,60)/b6-5+,42-41?. The lowest BCUT2D eigenvalue weighted by Crippen LogP contribution is -2.05. The Hall–Kier alpha value is -7.16. The van der Waals surface area contributed by atoms with E-state index in [0.29, 0.717) is 38.6 Å². The van der Waals surface area contributed by atoms with Gasteiger partial charge in [0.2, 0.25) is 0 Å². The lowest BCUT2D eigenvalue weighted by molar-refractivity contribution is 0.480. The molecule has 4 N–H and O–H groups in total. The predicted octanol–water partition coefficient (Wildman–Crippen LogP) is 7.03. The van der Waals surface area contributed by atoms with Crippen molar-refractivity contribution in [1.29, 1.82) is 0 Å². The largest absolute Gasteiger partial charge is 0.295 e. The van der Waals surface area contributed by atoms with Gasteiger partial charge in [0, 0.05) is 16.2 Å². The third kappa shape index (κ3) is 8.13. The molecule has 64 heavy (non-hydrogen) atoms. The molecular weight excluding hydrogens is 913 g/mol. The third-order valence-electron chi connectivity index (χ3n) is 9.85. The first-order valence-electron chi connectivity index (χ1n) is 18.2. The quantitative estimate of drug-likeness (QED) is 0.0607. The van der Waals surface area contributed by atoms with Crippen molar-refractivity contribution in [2.75, 3.05) is 0 Å². The van der Waals surface area contributed by atoms with E-state index in [-0.39, 0.29) is 43.8 Å². The summed E-state index contributed by atoms with van der Waals surface area (Å²) >= 11 is 0. The molecule has 0 atom stereocenters. The van der Waals surface area contributed by atoms with Crippen LogP contribution >= 0.6 is 0 Å². The van der Waals surface area contributed by atoms with Crippen LogP contribution in [0.2, 0.25) is 0 Å². The SMILES string of the molecule is O=S(=O)(O)c1ccc2c(ccc3nn(-c4ccc(N=Nc5ccc(/C=C/c6ccc(-n7nc8cc(S(=O)(=O)O)c9ccccc9c8n7)cc6S(=O)(=O)O)c(S(=O)(=O)O)c5)cc4)nc32)c1. The molecule has 0 amide bonds. The molecule has 0 spiro atoms. The first-order chi connectivity index (χ1) is 30.2. The maximum Gasteiger partial charge on any atom is 0.295 e. The lowest BCUT2D eigenvalue weighted by Gasteiger charge is -2.07. The van der Waals surface area contributed by atoms with Crippen LogP contribution in [0, 0.1) is 0 Å². The highest BCUT2D eigenvalue weighted by Crippen LogP contribution is 2.32. The first-order valence-corrected chi connectivity index (χ1v) is 23.9. The van der Waals surface area contributed by atoms with Gasteiger partial charge in [0.1, 0.15) is 36.8 Å². The minimum absolute atomic E-state index is 0.0245. The van der Waals surface area contributed by atoms with E-state index in [2.05, 4.69) is 30.6 Å². The number of rotatable bonds is 10. The molecule has 0 fully saturated rings. The zero-order valence-corrected chi connectivity index (χ0v) is 35.2. The molecule has 0 aliphatic rings. The fraction of sp³-hybridized carbons (Fsp3) is 0. The molecular formula is C40H26N8O12S4. The van der Waals surface area contributed by atoms with Crippen LogP contribution in [0.25, 0.3) is 67.1 Å². The maximum atomic E-state index is 12.6. The molecule has 0 radical (unpaired) electrons. The Morgan fingerprint density at radius 1 is 0.438 bits per heavy atom. The minimum atomic E-state index is -4.94.